The maximum Gasteiger partial charge on any atom is 0.237 e. The topological polar surface area (TPSA) is 63.7 Å². The SMILES string of the molecule is C[C@@H]1C(=O)NCCN1Cc1cc2cc3c(cc2nc1-c1ccc(Cl)cc1)OCO3. The Kier molecular flexibility index (Phi) is 4.53. The summed E-state index contributed by atoms with van der Waals surface area (Å²) in [5, 5.41) is 4.58. The molecule has 0 radical (unpaired) electrons. The minimum Gasteiger partial charge on any atom is -0.454 e. The number of halogens is 1. The smallest absolute Gasteiger partial charge is 0.237 e. The summed E-state index contributed by atoms with van der Waals surface area (Å²) < 4.78 is 11.0. The lowest BCUT2D eigenvalue weighted by molar-refractivity contribution is -0.128. The molecule has 3 heterocycles. The monoisotopic (exact) mass is 409 g/mol. The highest BCUT2D eigenvalue weighted by Gasteiger charge is 2.26. The normalized spacial score (nSPS) is 18.8. The molecule has 0 bridgehead atoms. The van der Waals surface area contributed by atoms with Crippen molar-refractivity contribution in [3.8, 4) is 22.8 Å². The van der Waals surface area contributed by atoms with Crippen LogP contribution in [0.1, 0.15) is 12.5 Å². The van der Waals surface area contributed by atoms with Gasteiger partial charge in [-0.25, -0.2) is 4.98 Å². The number of carbonyl (C=O) groups excluding carboxylic acids is 1. The lowest BCUT2D eigenvalue weighted by atomic mass is 10.0. The van der Waals surface area contributed by atoms with Crippen molar-refractivity contribution in [3.63, 3.8) is 0 Å². The first-order valence-corrected chi connectivity index (χ1v) is 9.97. The van der Waals surface area contributed by atoms with Crippen LogP contribution < -0.4 is 14.8 Å². The number of carbonyl (C=O) groups is 1. The molecule has 1 N–H and O–H groups in total. The number of pyridine rings is 1. The molecular weight excluding hydrogens is 390 g/mol. The van der Waals surface area contributed by atoms with E-state index in [9.17, 15) is 4.79 Å². The van der Waals surface area contributed by atoms with Crippen LogP contribution in [0.4, 0.5) is 0 Å². The molecule has 1 saturated heterocycles. The van der Waals surface area contributed by atoms with E-state index < -0.39 is 0 Å². The number of hydrogen-bond acceptors (Lipinski definition) is 5. The molecule has 0 saturated carbocycles. The molecule has 148 valence electrons. The highest BCUT2D eigenvalue weighted by molar-refractivity contribution is 6.30. The van der Waals surface area contributed by atoms with E-state index in [0.29, 0.717) is 23.9 Å². The largest absolute Gasteiger partial charge is 0.454 e. The van der Waals surface area contributed by atoms with Gasteiger partial charge in [-0.2, -0.15) is 0 Å². The third-order valence-electron chi connectivity index (χ3n) is 5.50. The Morgan fingerprint density at radius 1 is 1.17 bits per heavy atom. The zero-order chi connectivity index (χ0) is 20.0. The third kappa shape index (κ3) is 3.39. The number of fused-ring (bicyclic) bond motifs is 2. The zero-order valence-corrected chi connectivity index (χ0v) is 16.7. The molecule has 7 heteroatoms. The molecular formula is C22H20ClN3O3. The fraction of sp³-hybridized carbons (Fsp3) is 0.273. The number of piperazine rings is 1. The van der Waals surface area contributed by atoms with Crippen molar-refractivity contribution in [2.45, 2.75) is 19.5 Å². The zero-order valence-electron chi connectivity index (χ0n) is 15.9. The standard InChI is InChI=1S/C22H20ClN3O3/c1-13-22(27)24-6-7-26(13)11-16-8-15-9-19-20(29-12-28-19)10-18(15)25-21(16)14-2-4-17(23)5-3-14/h2-5,8-10,13H,6-7,11-12H2,1H3,(H,24,27)/t13-/m1/s1. The Bertz CT molecular complexity index is 1100. The second-order valence-corrected chi connectivity index (χ2v) is 7.78. The van der Waals surface area contributed by atoms with Gasteiger partial charge in [0.2, 0.25) is 12.7 Å². The van der Waals surface area contributed by atoms with Crippen LogP contribution in [0.5, 0.6) is 11.5 Å². The first kappa shape index (κ1) is 18.2. The van der Waals surface area contributed by atoms with Crippen molar-refractivity contribution in [2.24, 2.45) is 0 Å². The minimum atomic E-state index is -0.186. The van der Waals surface area contributed by atoms with Gasteiger partial charge in [0.15, 0.2) is 11.5 Å². The number of rotatable bonds is 3. The van der Waals surface area contributed by atoms with Gasteiger partial charge in [0.1, 0.15) is 0 Å². The van der Waals surface area contributed by atoms with Crippen LogP contribution in [-0.2, 0) is 11.3 Å². The molecule has 0 unspecified atom stereocenters. The summed E-state index contributed by atoms with van der Waals surface area (Å²) in [4.78, 5) is 19.2. The van der Waals surface area contributed by atoms with Gasteiger partial charge >= 0.3 is 0 Å². The summed E-state index contributed by atoms with van der Waals surface area (Å²) in [6, 6.07) is 13.5. The first-order chi connectivity index (χ1) is 14.1. The average Bonchev–Trinajstić information content (AvgIpc) is 3.17. The van der Waals surface area contributed by atoms with Gasteiger partial charge < -0.3 is 14.8 Å². The predicted octanol–water partition coefficient (Wildman–Crippen LogP) is 3.60. The van der Waals surface area contributed by atoms with Crippen LogP contribution in [-0.4, -0.2) is 41.7 Å². The number of ether oxygens (including phenoxy) is 2. The van der Waals surface area contributed by atoms with Crippen molar-refractivity contribution in [3.05, 3.63) is 53.1 Å². The molecule has 3 aromatic rings. The van der Waals surface area contributed by atoms with E-state index in [2.05, 4.69) is 16.3 Å². The summed E-state index contributed by atoms with van der Waals surface area (Å²) in [5.41, 5.74) is 3.76. The van der Waals surface area contributed by atoms with E-state index in [4.69, 9.17) is 26.1 Å². The molecule has 1 atom stereocenters. The molecule has 0 spiro atoms. The minimum absolute atomic E-state index is 0.0569. The van der Waals surface area contributed by atoms with E-state index in [1.165, 1.54) is 0 Å². The summed E-state index contributed by atoms with van der Waals surface area (Å²) in [6.07, 6.45) is 0. The summed E-state index contributed by atoms with van der Waals surface area (Å²) in [7, 11) is 0. The van der Waals surface area contributed by atoms with Gasteiger partial charge in [-0.05, 0) is 36.8 Å². The van der Waals surface area contributed by atoms with Crippen LogP contribution in [0.2, 0.25) is 5.02 Å². The highest BCUT2D eigenvalue weighted by atomic mass is 35.5. The third-order valence-corrected chi connectivity index (χ3v) is 5.76. The van der Waals surface area contributed by atoms with Crippen LogP contribution in [0.3, 0.4) is 0 Å². The van der Waals surface area contributed by atoms with Gasteiger partial charge in [0.25, 0.3) is 0 Å². The van der Waals surface area contributed by atoms with E-state index in [1.54, 1.807) is 0 Å². The lowest BCUT2D eigenvalue weighted by Gasteiger charge is -2.33. The van der Waals surface area contributed by atoms with Gasteiger partial charge in [-0.15, -0.1) is 0 Å². The van der Waals surface area contributed by atoms with Crippen LogP contribution in [0, 0.1) is 0 Å². The first-order valence-electron chi connectivity index (χ1n) is 9.59. The summed E-state index contributed by atoms with van der Waals surface area (Å²) in [6.45, 7) is 4.24. The second kappa shape index (κ2) is 7.21. The summed E-state index contributed by atoms with van der Waals surface area (Å²) >= 11 is 6.09. The van der Waals surface area contributed by atoms with Gasteiger partial charge in [-0.3, -0.25) is 9.69 Å². The molecule has 2 aliphatic heterocycles. The quantitative estimate of drug-likeness (QED) is 0.716. The van der Waals surface area contributed by atoms with Crippen molar-refractivity contribution in [1.82, 2.24) is 15.2 Å². The van der Waals surface area contributed by atoms with Crippen molar-refractivity contribution < 1.29 is 14.3 Å². The maximum atomic E-state index is 12.1. The molecule has 29 heavy (non-hydrogen) atoms. The highest BCUT2D eigenvalue weighted by Crippen LogP contribution is 2.37. The van der Waals surface area contributed by atoms with Gasteiger partial charge in [0.05, 0.1) is 17.3 Å². The van der Waals surface area contributed by atoms with Gasteiger partial charge in [-0.1, -0.05) is 23.7 Å². The van der Waals surface area contributed by atoms with Crippen LogP contribution >= 0.6 is 11.6 Å². The van der Waals surface area contributed by atoms with Gasteiger partial charge in [0, 0.05) is 41.7 Å². The second-order valence-electron chi connectivity index (χ2n) is 7.34. The molecule has 1 fully saturated rings. The Morgan fingerprint density at radius 2 is 1.93 bits per heavy atom. The molecule has 2 aliphatic rings. The number of benzene rings is 2. The van der Waals surface area contributed by atoms with E-state index >= 15 is 0 Å². The summed E-state index contributed by atoms with van der Waals surface area (Å²) in [5.74, 6) is 1.50. The van der Waals surface area contributed by atoms with Crippen LogP contribution in [0.25, 0.3) is 22.2 Å². The van der Waals surface area contributed by atoms with Crippen molar-refractivity contribution >= 4 is 28.4 Å². The Morgan fingerprint density at radius 3 is 2.72 bits per heavy atom. The number of hydrogen-bond donors (Lipinski definition) is 1. The van der Waals surface area contributed by atoms with E-state index in [-0.39, 0.29) is 18.7 Å². The Balaban J connectivity index is 1.63. The number of aromatic nitrogens is 1. The van der Waals surface area contributed by atoms with E-state index in [0.717, 1.165) is 40.0 Å². The fourth-order valence-corrected chi connectivity index (χ4v) is 3.98. The van der Waals surface area contributed by atoms with Crippen molar-refractivity contribution in [2.75, 3.05) is 19.9 Å². The molecule has 1 aromatic heterocycles. The average molecular weight is 410 g/mol. The molecule has 6 nitrogen and oxygen atoms in total. The lowest BCUT2D eigenvalue weighted by Crippen LogP contribution is -2.53. The predicted molar refractivity (Wildman–Crippen MR) is 111 cm³/mol. The molecule has 5 rings (SSSR count). The van der Waals surface area contributed by atoms with Crippen LogP contribution in [0.15, 0.2) is 42.5 Å². The number of amides is 1. The van der Waals surface area contributed by atoms with E-state index in [1.807, 2.05) is 43.3 Å². The molecule has 2 aromatic carbocycles. The number of nitrogens with zero attached hydrogens (tertiary/aromatic N) is 2. The molecule has 0 aliphatic carbocycles. The Labute approximate surface area is 173 Å². The number of nitrogens with one attached hydrogen (secondary N) is 1. The maximum absolute atomic E-state index is 12.1. The Hall–Kier alpha value is -2.83. The fourth-order valence-electron chi connectivity index (χ4n) is 3.85. The van der Waals surface area contributed by atoms with Crippen molar-refractivity contribution in [1.29, 1.82) is 0 Å². The molecule has 1 amide bonds.